The third kappa shape index (κ3) is 6.17. The molecule has 1 rings (SSSR count). The van der Waals surface area contributed by atoms with Crippen molar-refractivity contribution >= 4 is 11.9 Å². The number of carbonyl (C=O) groups excluding carboxylic acids is 1. The van der Waals surface area contributed by atoms with Gasteiger partial charge in [0.1, 0.15) is 5.75 Å². The van der Waals surface area contributed by atoms with Gasteiger partial charge in [-0.1, -0.05) is 0 Å². The Morgan fingerprint density at radius 3 is 2.38 bits per heavy atom. The van der Waals surface area contributed by atoms with Gasteiger partial charge in [0.25, 0.3) is 5.91 Å². The van der Waals surface area contributed by atoms with Crippen molar-refractivity contribution in [2.24, 2.45) is 0 Å². The van der Waals surface area contributed by atoms with E-state index in [0.717, 1.165) is 0 Å². The normalized spacial score (nSPS) is 13.6. The van der Waals surface area contributed by atoms with Gasteiger partial charge in [0.2, 0.25) is 0 Å². The summed E-state index contributed by atoms with van der Waals surface area (Å²) in [7, 11) is 0. The van der Waals surface area contributed by atoms with Gasteiger partial charge in [-0.15, -0.1) is 0 Å². The number of aliphatic carboxylic acids is 1. The molecule has 0 bridgehead atoms. The van der Waals surface area contributed by atoms with Crippen molar-refractivity contribution in [3.05, 3.63) is 29.8 Å². The molecule has 0 aliphatic carbocycles. The molecule has 1 unspecified atom stereocenters. The number of alkyl halides is 2. The van der Waals surface area contributed by atoms with Crippen LogP contribution in [0.2, 0.25) is 0 Å². The van der Waals surface area contributed by atoms with Crippen LogP contribution in [-0.2, 0) is 4.79 Å². The number of hydrogen-bond donors (Lipinski definition) is 3. The van der Waals surface area contributed by atoms with Crippen LogP contribution in [0.1, 0.15) is 23.7 Å². The molecule has 0 heterocycles. The lowest BCUT2D eigenvalue weighted by Crippen LogP contribution is -2.42. The lowest BCUT2D eigenvalue weighted by molar-refractivity contribution is -0.141. The molecule has 0 aliphatic heterocycles. The third-order valence-electron chi connectivity index (χ3n) is 2.50. The second kappa shape index (κ2) is 6.98. The van der Waals surface area contributed by atoms with Gasteiger partial charge in [-0.2, -0.15) is 8.78 Å². The topological polar surface area (TPSA) is 95.9 Å². The maximum atomic E-state index is 12.0. The van der Waals surface area contributed by atoms with Crippen molar-refractivity contribution in [3.63, 3.8) is 0 Å². The summed E-state index contributed by atoms with van der Waals surface area (Å²) >= 11 is 0. The number of aliphatic hydroxyl groups is 1. The minimum atomic E-state index is -2.95. The highest BCUT2D eigenvalue weighted by molar-refractivity contribution is 5.94. The Labute approximate surface area is 119 Å². The van der Waals surface area contributed by atoms with E-state index in [1.807, 2.05) is 0 Å². The van der Waals surface area contributed by atoms with Crippen molar-refractivity contribution in [3.8, 4) is 5.75 Å². The molecule has 8 heteroatoms. The zero-order chi connectivity index (χ0) is 16.0. The molecule has 3 N–H and O–H groups in total. The van der Waals surface area contributed by atoms with Gasteiger partial charge < -0.3 is 20.3 Å². The maximum absolute atomic E-state index is 12.0. The number of rotatable bonds is 7. The summed E-state index contributed by atoms with van der Waals surface area (Å²) in [6.07, 6.45) is -0.519. The lowest BCUT2D eigenvalue weighted by atomic mass is 10.0. The monoisotopic (exact) mass is 303 g/mol. The highest BCUT2D eigenvalue weighted by Gasteiger charge is 2.25. The van der Waals surface area contributed by atoms with Crippen molar-refractivity contribution in [1.29, 1.82) is 0 Å². The number of hydrogen-bond acceptors (Lipinski definition) is 4. The standard InChI is InChI=1S/C13H15F2NO5/c1-13(20,6-10(17)18)7-16-11(19)8-2-4-9(5-3-8)21-12(14)15/h2-5,12,20H,6-7H2,1H3,(H,16,19)(H,17,18). The molecule has 0 saturated carbocycles. The number of nitrogens with one attached hydrogen (secondary N) is 1. The van der Waals surface area contributed by atoms with Gasteiger partial charge in [-0.3, -0.25) is 9.59 Å². The average Bonchev–Trinajstić information content (AvgIpc) is 2.34. The average molecular weight is 303 g/mol. The first-order valence-electron chi connectivity index (χ1n) is 5.97. The SMILES string of the molecule is CC(O)(CNC(=O)c1ccc(OC(F)F)cc1)CC(=O)O. The molecule has 116 valence electrons. The summed E-state index contributed by atoms with van der Waals surface area (Å²) in [4.78, 5) is 22.3. The van der Waals surface area contributed by atoms with Gasteiger partial charge in [0.05, 0.1) is 12.0 Å². The highest BCUT2D eigenvalue weighted by atomic mass is 19.3. The molecule has 0 aliphatic rings. The fraction of sp³-hybridized carbons (Fsp3) is 0.385. The van der Waals surface area contributed by atoms with Crippen molar-refractivity contribution in [2.75, 3.05) is 6.54 Å². The summed E-state index contributed by atoms with van der Waals surface area (Å²) in [5.74, 6) is -1.84. The number of carbonyl (C=O) groups is 2. The van der Waals surface area contributed by atoms with Crippen molar-refractivity contribution in [1.82, 2.24) is 5.32 Å². The number of ether oxygens (including phenoxy) is 1. The molecule has 1 aromatic carbocycles. The van der Waals surface area contributed by atoms with Crippen LogP contribution >= 0.6 is 0 Å². The van der Waals surface area contributed by atoms with Gasteiger partial charge in [0.15, 0.2) is 0 Å². The predicted molar refractivity (Wildman–Crippen MR) is 68.3 cm³/mol. The Balaban J connectivity index is 2.58. The van der Waals surface area contributed by atoms with Gasteiger partial charge in [-0.25, -0.2) is 0 Å². The Bertz CT molecular complexity index is 502. The molecule has 1 amide bonds. The molecule has 0 saturated heterocycles. The zero-order valence-electron chi connectivity index (χ0n) is 11.2. The van der Waals surface area contributed by atoms with Crippen LogP contribution in [0, 0.1) is 0 Å². The van der Waals surface area contributed by atoms with Crippen LogP contribution in [0.15, 0.2) is 24.3 Å². The van der Waals surface area contributed by atoms with Crippen molar-refractivity contribution < 1.29 is 33.3 Å². The van der Waals surface area contributed by atoms with Crippen molar-refractivity contribution in [2.45, 2.75) is 25.6 Å². The maximum Gasteiger partial charge on any atom is 0.387 e. The van der Waals surface area contributed by atoms with E-state index in [1.165, 1.54) is 31.2 Å². The number of carboxylic acid groups (broad SMARTS) is 1. The summed E-state index contributed by atoms with van der Waals surface area (Å²) in [5, 5.41) is 20.7. The van der Waals surface area contributed by atoms with Crippen LogP contribution in [0.5, 0.6) is 5.75 Å². The molecule has 6 nitrogen and oxygen atoms in total. The van der Waals surface area contributed by atoms with E-state index in [9.17, 15) is 23.5 Å². The van der Waals surface area contributed by atoms with Crippen LogP contribution in [0.25, 0.3) is 0 Å². The fourth-order valence-electron chi connectivity index (χ4n) is 1.55. The summed E-state index contributed by atoms with van der Waals surface area (Å²) < 4.78 is 28.1. The third-order valence-corrected chi connectivity index (χ3v) is 2.50. The number of amides is 1. The molecule has 1 atom stereocenters. The summed E-state index contributed by atoms with van der Waals surface area (Å²) in [6, 6.07) is 4.96. The van der Waals surface area contributed by atoms with Gasteiger partial charge in [-0.05, 0) is 31.2 Å². The molecule has 21 heavy (non-hydrogen) atoms. The highest BCUT2D eigenvalue weighted by Crippen LogP contribution is 2.15. The number of benzene rings is 1. The Kier molecular flexibility index (Phi) is 5.60. The minimum absolute atomic E-state index is 0.0839. The number of halogens is 2. The van der Waals surface area contributed by atoms with Crippen LogP contribution < -0.4 is 10.1 Å². The van der Waals surface area contributed by atoms with E-state index in [0.29, 0.717) is 0 Å². The smallest absolute Gasteiger partial charge is 0.387 e. The predicted octanol–water partition coefficient (Wildman–Crippen LogP) is 1.24. The Hall–Kier alpha value is -2.22. The van der Waals surface area contributed by atoms with Crippen LogP contribution in [0.4, 0.5) is 8.78 Å². The van der Waals surface area contributed by atoms with E-state index in [2.05, 4.69) is 10.1 Å². The molecule has 0 radical (unpaired) electrons. The largest absolute Gasteiger partial charge is 0.481 e. The molecular formula is C13H15F2NO5. The molecule has 0 aromatic heterocycles. The second-order valence-electron chi connectivity index (χ2n) is 4.65. The Morgan fingerprint density at radius 2 is 1.90 bits per heavy atom. The van der Waals surface area contributed by atoms with Gasteiger partial charge in [0, 0.05) is 12.1 Å². The quantitative estimate of drug-likeness (QED) is 0.704. The molecule has 1 aromatic rings. The summed E-state index contributed by atoms with van der Waals surface area (Å²) in [5.41, 5.74) is -1.41. The van der Waals surface area contributed by atoms with E-state index in [-0.39, 0.29) is 17.9 Å². The van der Waals surface area contributed by atoms with E-state index in [1.54, 1.807) is 0 Å². The van der Waals surface area contributed by atoms with Crippen LogP contribution in [-0.4, -0.2) is 40.8 Å². The fourth-order valence-corrected chi connectivity index (χ4v) is 1.55. The first-order chi connectivity index (χ1) is 9.69. The van der Waals surface area contributed by atoms with E-state index in [4.69, 9.17) is 5.11 Å². The number of carboxylic acids is 1. The molecule has 0 fully saturated rings. The molecule has 0 spiro atoms. The van der Waals surface area contributed by atoms with E-state index < -0.39 is 30.5 Å². The Morgan fingerprint density at radius 1 is 1.33 bits per heavy atom. The van der Waals surface area contributed by atoms with E-state index >= 15 is 0 Å². The van der Waals surface area contributed by atoms with Crippen LogP contribution in [0.3, 0.4) is 0 Å². The molecular weight excluding hydrogens is 288 g/mol. The minimum Gasteiger partial charge on any atom is -0.481 e. The first kappa shape index (κ1) is 16.8. The zero-order valence-corrected chi connectivity index (χ0v) is 11.2. The second-order valence-corrected chi connectivity index (χ2v) is 4.65. The van der Waals surface area contributed by atoms with Gasteiger partial charge >= 0.3 is 12.6 Å². The summed E-state index contributed by atoms with van der Waals surface area (Å²) in [6.45, 7) is -1.93. The lowest BCUT2D eigenvalue weighted by Gasteiger charge is -2.21. The first-order valence-corrected chi connectivity index (χ1v) is 5.97.